The summed E-state index contributed by atoms with van der Waals surface area (Å²) in [6.45, 7) is 2.19. The maximum absolute atomic E-state index is 5.21. The molecule has 0 aromatic carbocycles. The Kier molecular flexibility index (Phi) is 1.39. The third-order valence-electron chi connectivity index (χ3n) is 1.64. The van der Waals surface area contributed by atoms with E-state index in [0.717, 1.165) is 6.54 Å². The van der Waals surface area contributed by atoms with Crippen molar-refractivity contribution < 1.29 is 9.47 Å². The zero-order chi connectivity index (χ0) is 6.10. The number of fused-ring (bicyclic) bond motifs is 1. The van der Waals surface area contributed by atoms with Crippen molar-refractivity contribution in [1.82, 2.24) is 10.6 Å². The first-order valence-electron chi connectivity index (χ1n) is 3.14. The van der Waals surface area contributed by atoms with E-state index in [1.165, 1.54) is 0 Å². The predicted molar refractivity (Wildman–Crippen MR) is 30.6 cm³/mol. The minimum atomic E-state index is -0.00810. The molecule has 2 unspecified atom stereocenters. The molecule has 2 fully saturated rings. The lowest BCUT2D eigenvalue weighted by atomic mass is 10.3. The maximum Gasteiger partial charge on any atom is 0.177 e. The third-order valence-corrected chi connectivity index (χ3v) is 1.64. The molecule has 0 aromatic heterocycles. The first-order valence-corrected chi connectivity index (χ1v) is 3.14. The van der Waals surface area contributed by atoms with Crippen molar-refractivity contribution in [3.05, 3.63) is 0 Å². The molecule has 0 bridgehead atoms. The van der Waals surface area contributed by atoms with Gasteiger partial charge in [0.05, 0.1) is 12.8 Å². The standard InChI is InChI=1S/C5H10N2O2/c1-4-5(8-2-6-1)9-3-7-4/h4-7H,1-3H2. The van der Waals surface area contributed by atoms with Crippen LogP contribution in [0.1, 0.15) is 0 Å². The lowest BCUT2D eigenvalue weighted by molar-refractivity contribution is -0.138. The lowest BCUT2D eigenvalue weighted by Crippen LogP contribution is -2.48. The van der Waals surface area contributed by atoms with Crippen LogP contribution in [0.4, 0.5) is 0 Å². The summed E-state index contributed by atoms with van der Waals surface area (Å²) < 4.78 is 10.4. The number of rotatable bonds is 0. The molecule has 52 valence electrons. The van der Waals surface area contributed by atoms with Gasteiger partial charge in [-0.3, -0.25) is 10.6 Å². The summed E-state index contributed by atoms with van der Waals surface area (Å²) >= 11 is 0. The van der Waals surface area contributed by atoms with Gasteiger partial charge in [-0.2, -0.15) is 0 Å². The molecule has 4 nitrogen and oxygen atoms in total. The number of hydrogen-bond acceptors (Lipinski definition) is 4. The predicted octanol–water partition coefficient (Wildman–Crippen LogP) is -1.16. The van der Waals surface area contributed by atoms with E-state index in [9.17, 15) is 0 Å². The van der Waals surface area contributed by atoms with Crippen molar-refractivity contribution in [3.8, 4) is 0 Å². The second-order valence-electron chi connectivity index (χ2n) is 2.26. The van der Waals surface area contributed by atoms with Crippen molar-refractivity contribution in [2.75, 3.05) is 20.0 Å². The van der Waals surface area contributed by atoms with Crippen LogP contribution in [0.3, 0.4) is 0 Å². The largest absolute Gasteiger partial charge is 0.336 e. The normalized spacial score (nSPS) is 42.7. The molecule has 2 atom stereocenters. The van der Waals surface area contributed by atoms with Crippen molar-refractivity contribution in [2.45, 2.75) is 12.3 Å². The fourth-order valence-electron chi connectivity index (χ4n) is 1.14. The van der Waals surface area contributed by atoms with Gasteiger partial charge in [0, 0.05) is 6.54 Å². The summed E-state index contributed by atoms with van der Waals surface area (Å²) in [5.74, 6) is 0. The van der Waals surface area contributed by atoms with Gasteiger partial charge in [0.15, 0.2) is 6.29 Å². The molecule has 0 aromatic rings. The first kappa shape index (κ1) is 5.61. The van der Waals surface area contributed by atoms with E-state index in [-0.39, 0.29) is 6.29 Å². The molecule has 2 heterocycles. The highest BCUT2D eigenvalue weighted by Gasteiger charge is 2.30. The molecule has 2 saturated heterocycles. The average Bonchev–Trinajstić information content (AvgIpc) is 2.33. The van der Waals surface area contributed by atoms with Gasteiger partial charge in [-0.15, -0.1) is 0 Å². The van der Waals surface area contributed by atoms with Gasteiger partial charge in [-0.25, -0.2) is 0 Å². The average molecular weight is 130 g/mol. The summed E-state index contributed by atoms with van der Waals surface area (Å²) in [7, 11) is 0. The molecule has 0 spiro atoms. The zero-order valence-corrected chi connectivity index (χ0v) is 5.09. The van der Waals surface area contributed by atoms with E-state index >= 15 is 0 Å². The number of nitrogens with one attached hydrogen (secondary N) is 2. The van der Waals surface area contributed by atoms with Gasteiger partial charge >= 0.3 is 0 Å². The minimum Gasteiger partial charge on any atom is -0.336 e. The highest BCUT2D eigenvalue weighted by atomic mass is 16.7. The number of ether oxygens (including phenoxy) is 2. The van der Waals surface area contributed by atoms with Gasteiger partial charge in [-0.05, 0) is 0 Å². The lowest BCUT2D eigenvalue weighted by Gasteiger charge is -2.24. The smallest absolute Gasteiger partial charge is 0.177 e. The summed E-state index contributed by atoms with van der Waals surface area (Å²) in [4.78, 5) is 0. The van der Waals surface area contributed by atoms with Crippen molar-refractivity contribution in [2.24, 2.45) is 0 Å². The Balaban J connectivity index is 1.97. The second-order valence-corrected chi connectivity index (χ2v) is 2.26. The molecule has 0 aliphatic carbocycles. The Labute approximate surface area is 53.5 Å². The zero-order valence-electron chi connectivity index (χ0n) is 5.09. The molecule has 0 amide bonds. The Morgan fingerprint density at radius 1 is 1.22 bits per heavy atom. The fraction of sp³-hybridized carbons (Fsp3) is 1.00. The molecule has 2 aliphatic heterocycles. The van der Waals surface area contributed by atoms with Gasteiger partial charge < -0.3 is 9.47 Å². The van der Waals surface area contributed by atoms with Crippen LogP contribution in [0.5, 0.6) is 0 Å². The van der Waals surface area contributed by atoms with Crippen LogP contribution in [0.2, 0.25) is 0 Å². The van der Waals surface area contributed by atoms with Crippen molar-refractivity contribution in [3.63, 3.8) is 0 Å². The van der Waals surface area contributed by atoms with Crippen LogP contribution in [0, 0.1) is 0 Å². The molecule has 2 rings (SSSR count). The van der Waals surface area contributed by atoms with E-state index in [1.54, 1.807) is 0 Å². The Morgan fingerprint density at radius 2 is 2.11 bits per heavy atom. The molecular weight excluding hydrogens is 120 g/mol. The van der Waals surface area contributed by atoms with Crippen LogP contribution in [0.25, 0.3) is 0 Å². The molecule has 0 radical (unpaired) electrons. The topological polar surface area (TPSA) is 42.5 Å². The minimum absolute atomic E-state index is 0.00810. The van der Waals surface area contributed by atoms with Crippen LogP contribution in [0.15, 0.2) is 0 Å². The quantitative estimate of drug-likeness (QED) is 0.434. The summed E-state index contributed by atoms with van der Waals surface area (Å²) in [5.41, 5.74) is 0. The van der Waals surface area contributed by atoms with Crippen molar-refractivity contribution >= 4 is 0 Å². The van der Waals surface area contributed by atoms with E-state index in [0.29, 0.717) is 19.5 Å². The van der Waals surface area contributed by atoms with Crippen LogP contribution < -0.4 is 10.6 Å². The first-order chi connectivity index (χ1) is 4.47. The molecule has 0 saturated carbocycles. The monoisotopic (exact) mass is 130 g/mol. The van der Waals surface area contributed by atoms with E-state index in [2.05, 4.69) is 10.6 Å². The Morgan fingerprint density at radius 3 is 3.00 bits per heavy atom. The Hall–Kier alpha value is -0.160. The summed E-state index contributed by atoms with van der Waals surface area (Å²) in [6, 6.07) is 0.360. The van der Waals surface area contributed by atoms with Gasteiger partial charge in [0.2, 0.25) is 0 Å². The highest BCUT2D eigenvalue weighted by molar-refractivity contribution is 4.78. The van der Waals surface area contributed by atoms with Crippen LogP contribution in [-0.4, -0.2) is 32.3 Å². The molecular formula is C5H10N2O2. The van der Waals surface area contributed by atoms with Gasteiger partial charge in [0.25, 0.3) is 0 Å². The van der Waals surface area contributed by atoms with E-state index in [1.807, 2.05) is 0 Å². The molecule has 2 aliphatic rings. The van der Waals surface area contributed by atoms with E-state index < -0.39 is 0 Å². The van der Waals surface area contributed by atoms with E-state index in [4.69, 9.17) is 9.47 Å². The molecule has 2 N–H and O–H groups in total. The summed E-state index contributed by atoms with van der Waals surface area (Å²) in [6.07, 6.45) is -0.00810. The van der Waals surface area contributed by atoms with Crippen LogP contribution >= 0.6 is 0 Å². The highest BCUT2D eigenvalue weighted by Crippen LogP contribution is 2.09. The summed E-state index contributed by atoms with van der Waals surface area (Å²) in [5, 5.41) is 6.24. The van der Waals surface area contributed by atoms with Crippen molar-refractivity contribution in [1.29, 1.82) is 0 Å². The molecule has 4 heteroatoms. The Bertz CT molecular complexity index is 97.1. The maximum atomic E-state index is 5.21. The third kappa shape index (κ3) is 0.943. The number of hydrogen-bond donors (Lipinski definition) is 2. The fourth-order valence-corrected chi connectivity index (χ4v) is 1.14. The second kappa shape index (κ2) is 2.22. The molecule has 9 heavy (non-hydrogen) atoms. The van der Waals surface area contributed by atoms with Crippen LogP contribution in [-0.2, 0) is 9.47 Å². The van der Waals surface area contributed by atoms with Gasteiger partial charge in [-0.1, -0.05) is 0 Å². The van der Waals surface area contributed by atoms with Gasteiger partial charge in [0.1, 0.15) is 6.73 Å². The SMILES string of the molecule is C1NCC2NCOC2O1.